The van der Waals surface area contributed by atoms with E-state index in [-0.39, 0.29) is 11.4 Å². The third-order valence-corrected chi connectivity index (χ3v) is 5.90. The molecule has 1 fully saturated rings. The fourth-order valence-corrected chi connectivity index (χ4v) is 4.15. The van der Waals surface area contributed by atoms with Gasteiger partial charge in [-0.3, -0.25) is 4.40 Å². The van der Waals surface area contributed by atoms with Crippen LogP contribution >= 0.6 is 0 Å². The van der Waals surface area contributed by atoms with Crippen LogP contribution in [0, 0.1) is 12.7 Å². The number of hydrogen-bond acceptors (Lipinski definition) is 2. The van der Waals surface area contributed by atoms with Gasteiger partial charge < -0.3 is 5.73 Å². The monoisotopic (exact) mass is 371 g/mol. The average Bonchev–Trinajstić information content (AvgIpc) is 3.06. The van der Waals surface area contributed by atoms with Crippen LogP contribution in [0.1, 0.15) is 30.4 Å². The molecular weight excluding hydrogens is 349 g/mol. The highest BCUT2D eigenvalue weighted by Crippen LogP contribution is 2.40. The van der Waals surface area contributed by atoms with Gasteiger partial charge in [-0.15, -0.1) is 0 Å². The van der Waals surface area contributed by atoms with E-state index in [2.05, 4.69) is 24.3 Å². The maximum absolute atomic E-state index is 14.2. The second-order valence-electron chi connectivity index (χ2n) is 7.80. The molecule has 2 aromatic heterocycles. The lowest BCUT2D eigenvalue weighted by molar-refractivity contribution is 0.253. The molecule has 140 valence electrons. The molecule has 0 radical (unpaired) electrons. The highest BCUT2D eigenvalue weighted by molar-refractivity contribution is 5.82. The first-order valence-electron chi connectivity index (χ1n) is 9.69. The van der Waals surface area contributed by atoms with Crippen LogP contribution in [0.2, 0.25) is 0 Å². The van der Waals surface area contributed by atoms with Gasteiger partial charge in [-0.2, -0.15) is 0 Å². The maximum Gasteiger partial charge on any atom is 0.141 e. The van der Waals surface area contributed by atoms with E-state index >= 15 is 0 Å². The number of nitrogens with two attached hydrogens (primary N) is 1. The van der Waals surface area contributed by atoms with Gasteiger partial charge in [0.15, 0.2) is 0 Å². The summed E-state index contributed by atoms with van der Waals surface area (Å²) in [6.07, 6.45) is 4.77. The van der Waals surface area contributed by atoms with E-state index in [1.807, 2.05) is 41.7 Å². The molecule has 5 rings (SSSR count). The van der Waals surface area contributed by atoms with Crippen LogP contribution in [0.25, 0.3) is 28.2 Å². The SMILES string of the molecule is Cc1cc(F)cn2c(-c3ccccc3)c(-c3ccc(C4(N)CCC4)cc3)nc12. The van der Waals surface area contributed by atoms with Crippen LogP contribution in [0.3, 0.4) is 0 Å². The molecule has 4 aromatic rings. The Morgan fingerprint density at radius 3 is 2.36 bits per heavy atom. The largest absolute Gasteiger partial charge is 0.321 e. The first kappa shape index (κ1) is 17.1. The summed E-state index contributed by atoms with van der Waals surface area (Å²) < 4.78 is 16.0. The van der Waals surface area contributed by atoms with Crippen molar-refractivity contribution in [3.05, 3.63) is 83.8 Å². The van der Waals surface area contributed by atoms with E-state index in [1.54, 1.807) is 0 Å². The Labute approximate surface area is 163 Å². The number of rotatable bonds is 3. The minimum atomic E-state index is -0.267. The quantitative estimate of drug-likeness (QED) is 0.520. The van der Waals surface area contributed by atoms with Crippen LogP contribution < -0.4 is 5.73 Å². The van der Waals surface area contributed by atoms with Crippen molar-refractivity contribution < 1.29 is 4.39 Å². The van der Waals surface area contributed by atoms with E-state index in [4.69, 9.17) is 10.7 Å². The Bertz CT molecular complexity index is 1160. The third kappa shape index (κ3) is 2.64. The summed E-state index contributed by atoms with van der Waals surface area (Å²) in [5.74, 6) is -0.267. The number of benzene rings is 2. The molecule has 2 N–H and O–H groups in total. The van der Waals surface area contributed by atoms with Crippen LogP contribution in [-0.4, -0.2) is 9.38 Å². The van der Waals surface area contributed by atoms with Gasteiger partial charge in [0.25, 0.3) is 0 Å². The number of imidazole rings is 1. The van der Waals surface area contributed by atoms with Crippen LogP contribution in [0.15, 0.2) is 66.9 Å². The van der Waals surface area contributed by atoms with E-state index in [0.29, 0.717) is 0 Å². The van der Waals surface area contributed by atoms with E-state index < -0.39 is 0 Å². The fraction of sp³-hybridized carbons (Fsp3) is 0.208. The second kappa shape index (κ2) is 6.28. The number of pyridine rings is 1. The predicted octanol–water partition coefficient (Wildman–Crippen LogP) is 5.45. The van der Waals surface area contributed by atoms with Gasteiger partial charge in [0.2, 0.25) is 0 Å². The van der Waals surface area contributed by atoms with Crippen LogP contribution in [0.5, 0.6) is 0 Å². The fourth-order valence-electron chi connectivity index (χ4n) is 4.15. The molecule has 1 saturated carbocycles. The highest BCUT2D eigenvalue weighted by atomic mass is 19.1. The number of aryl methyl sites for hydroxylation is 1. The Kier molecular flexibility index (Phi) is 3.84. The molecule has 0 amide bonds. The molecule has 0 aliphatic heterocycles. The minimum Gasteiger partial charge on any atom is -0.321 e. The van der Waals surface area contributed by atoms with E-state index in [1.165, 1.54) is 24.2 Å². The molecule has 2 heterocycles. The number of aromatic nitrogens is 2. The molecule has 28 heavy (non-hydrogen) atoms. The summed E-state index contributed by atoms with van der Waals surface area (Å²) in [6, 6.07) is 19.9. The molecule has 0 saturated heterocycles. The molecule has 0 atom stereocenters. The van der Waals surface area contributed by atoms with Gasteiger partial charge in [-0.25, -0.2) is 9.37 Å². The smallest absolute Gasteiger partial charge is 0.141 e. The number of halogens is 1. The van der Waals surface area contributed by atoms with E-state index in [9.17, 15) is 4.39 Å². The van der Waals surface area contributed by atoms with E-state index in [0.717, 1.165) is 46.6 Å². The zero-order valence-corrected chi connectivity index (χ0v) is 15.8. The predicted molar refractivity (Wildman–Crippen MR) is 110 cm³/mol. The van der Waals surface area contributed by atoms with Crippen molar-refractivity contribution in [2.45, 2.75) is 31.7 Å². The lowest BCUT2D eigenvalue weighted by Gasteiger charge is -2.38. The number of fused-ring (bicyclic) bond motifs is 1. The summed E-state index contributed by atoms with van der Waals surface area (Å²) in [5.41, 5.74) is 12.8. The van der Waals surface area contributed by atoms with Crippen molar-refractivity contribution in [1.82, 2.24) is 9.38 Å². The van der Waals surface area contributed by atoms with Crippen LogP contribution in [0.4, 0.5) is 4.39 Å². The Morgan fingerprint density at radius 1 is 1.00 bits per heavy atom. The van der Waals surface area contributed by atoms with Crippen LogP contribution in [-0.2, 0) is 5.54 Å². The average molecular weight is 371 g/mol. The van der Waals surface area contributed by atoms with Crippen molar-refractivity contribution in [3.8, 4) is 22.5 Å². The molecular formula is C24H22FN3. The van der Waals surface area contributed by atoms with Crippen molar-refractivity contribution in [3.63, 3.8) is 0 Å². The van der Waals surface area contributed by atoms with Crippen molar-refractivity contribution in [2.24, 2.45) is 5.73 Å². The molecule has 0 spiro atoms. The van der Waals surface area contributed by atoms with Gasteiger partial charge in [0.05, 0.1) is 11.4 Å². The first-order chi connectivity index (χ1) is 13.5. The Balaban J connectivity index is 1.72. The summed E-state index contributed by atoms with van der Waals surface area (Å²) in [4.78, 5) is 4.89. The van der Waals surface area contributed by atoms with Crippen molar-refractivity contribution in [2.75, 3.05) is 0 Å². The standard InChI is InChI=1S/C24H22FN3/c1-16-14-20(25)15-28-22(18-6-3-2-4-7-18)21(27-23(16)28)17-8-10-19(11-9-17)24(26)12-5-13-24/h2-4,6-11,14-15H,5,12-13,26H2,1H3. The van der Waals surface area contributed by atoms with Gasteiger partial charge in [-0.1, -0.05) is 54.6 Å². The van der Waals surface area contributed by atoms with Gasteiger partial charge in [0.1, 0.15) is 11.5 Å². The lowest BCUT2D eigenvalue weighted by Crippen LogP contribution is -2.43. The summed E-state index contributed by atoms with van der Waals surface area (Å²) in [5, 5.41) is 0. The summed E-state index contributed by atoms with van der Waals surface area (Å²) in [6.45, 7) is 1.89. The topological polar surface area (TPSA) is 43.3 Å². The zero-order chi connectivity index (χ0) is 19.3. The maximum atomic E-state index is 14.2. The van der Waals surface area contributed by atoms with Crippen molar-refractivity contribution >= 4 is 5.65 Å². The molecule has 3 nitrogen and oxygen atoms in total. The third-order valence-electron chi connectivity index (χ3n) is 5.90. The molecule has 4 heteroatoms. The summed E-state index contributed by atoms with van der Waals surface area (Å²) in [7, 11) is 0. The van der Waals surface area contributed by atoms with Gasteiger partial charge in [0, 0.05) is 22.9 Å². The second-order valence-corrected chi connectivity index (χ2v) is 7.80. The number of hydrogen-bond donors (Lipinski definition) is 1. The molecule has 0 unspecified atom stereocenters. The number of nitrogens with zero attached hydrogens (tertiary/aromatic N) is 2. The molecule has 1 aliphatic carbocycles. The first-order valence-corrected chi connectivity index (χ1v) is 9.69. The lowest BCUT2D eigenvalue weighted by atomic mass is 9.72. The summed E-state index contributed by atoms with van der Waals surface area (Å²) >= 11 is 0. The Morgan fingerprint density at radius 2 is 1.71 bits per heavy atom. The minimum absolute atomic E-state index is 0.181. The highest BCUT2D eigenvalue weighted by Gasteiger charge is 2.34. The van der Waals surface area contributed by atoms with Crippen molar-refractivity contribution in [1.29, 1.82) is 0 Å². The molecule has 1 aliphatic rings. The molecule has 0 bridgehead atoms. The normalized spacial score (nSPS) is 15.5. The van der Waals surface area contributed by atoms with Gasteiger partial charge >= 0.3 is 0 Å². The Hall–Kier alpha value is -2.98. The molecule has 2 aromatic carbocycles. The van der Waals surface area contributed by atoms with Gasteiger partial charge in [-0.05, 0) is 43.4 Å². The zero-order valence-electron chi connectivity index (χ0n) is 15.8.